The van der Waals surface area contributed by atoms with Gasteiger partial charge in [0, 0.05) is 29.0 Å². The molecule has 0 fully saturated rings. The molecule has 2 aromatic heterocycles. The summed E-state index contributed by atoms with van der Waals surface area (Å²) in [5, 5.41) is 4.92. The first kappa shape index (κ1) is 19.2. The average Bonchev–Trinajstić information content (AvgIpc) is 3.28. The van der Waals surface area contributed by atoms with Crippen LogP contribution in [0.15, 0.2) is 60.2 Å². The van der Waals surface area contributed by atoms with Crippen molar-refractivity contribution < 1.29 is 9.53 Å². The van der Waals surface area contributed by atoms with Gasteiger partial charge in [-0.05, 0) is 42.2 Å². The van der Waals surface area contributed by atoms with Gasteiger partial charge in [0.15, 0.2) is 11.6 Å². The molecule has 0 aliphatic heterocycles. The summed E-state index contributed by atoms with van der Waals surface area (Å²) in [6, 6.07) is 13.8. The molecule has 0 aliphatic carbocycles. The lowest BCUT2D eigenvalue weighted by Gasteiger charge is -2.15. The molecule has 0 saturated heterocycles. The van der Waals surface area contributed by atoms with E-state index in [2.05, 4.69) is 36.3 Å². The van der Waals surface area contributed by atoms with Crippen molar-refractivity contribution in [1.29, 1.82) is 0 Å². The summed E-state index contributed by atoms with van der Waals surface area (Å²) >= 11 is 1.59. The number of ether oxygens (including phenoxy) is 1. The van der Waals surface area contributed by atoms with Crippen LogP contribution in [-0.4, -0.2) is 21.9 Å². The lowest BCUT2D eigenvalue weighted by atomic mass is 10.0. The van der Waals surface area contributed by atoms with Crippen LogP contribution < -0.4 is 10.1 Å². The summed E-state index contributed by atoms with van der Waals surface area (Å²) in [5.41, 5.74) is 4.77. The number of rotatable bonds is 6. The molecule has 148 valence electrons. The van der Waals surface area contributed by atoms with Crippen molar-refractivity contribution in [2.45, 2.75) is 26.7 Å². The van der Waals surface area contributed by atoms with Crippen molar-refractivity contribution in [3.8, 4) is 17.0 Å². The third kappa shape index (κ3) is 4.32. The highest BCUT2D eigenvalue weighted by atomic mass is 32.1. The Morgan fingerprint density at radius 2 is 2.10 bits per heavy atom. The fourth-order valence-corrected chi connectivity index (χ4v) is 3.91. The van der Waals surface area contributed by atoms with Crippen LogP contribution >= 0.6 is 11.3 Å². The van der Waals surface area contributed by atoms with Crippen LogP contribution in [0.1, 0.15) is 30.9 Å². The molecular weight excluding hydrogens is 382 g/mol. The number of nitrogens with zero attached hydrogens (tertiary/aromatic N) is 2. The standard InChI is InChI=1S/C23H23N3O2S/c1-15(2)19-8-7-16(3)11-21(19)28-14-22(27)24-18-6-4-5-17(12-18)20-13-26-9-10-29-23(26)25-20/h4-13,15H,14H2,1-3H3,(H,24,27). The predicted octanol–water partition coefficient (Wildman–Crippen LogP) is 5.51. The molecule has 4 rings (SSSR count). The maximum Gasteiger partial charge on any atom is 0.262 e. The minimum Gasteiger partial charge on any atom is -0.483 e. The van der Waals surface area contributed by atoms with Crippen molar-refractivity contribution in [2.24, 2.45) is 0 Å². The van der Waals surface area contributed by atoms with Gasteiger partial charge >= 0.3 is 0 Å². The molecule has 1 amide bonds. The van der Waals surface area contributed by atoms with E-state index in [4.69, 9.17) is 4.74 Å². The smallest absolute Gasteiger partial charge is 0.262 e. The largest absolute Gasteiger partial charge is 0.483 e. The minimum absolute atomic E-state index is 0.0341. The molecule has 0 saturated carbocycles. The van der Waals surface area contributed by atoms with E-state index < -0.39 is 0 Å². The number of fused-ring (bicyclic) bond motifs is 1. The van der Waals surface area contributed by atoms with Crippen molar-refractivity contribution in [2.75, 3.05) is 11.9 Å². The van der Waals surface area contributed by atoms with E-state index in [-0.39, 0.29) is 12.5 Å². The first-order valence-corrected chi connectivity index (χ1v) is 10.4. The molecule has 29 heavy (non-hydrogen) atoms. The van der Waals surface area contributed by atoms with Crippen LogP contribution in [-0.2, 0) is 4.79 Å². The highest BCUT2D eigenvalue weighted by molar-refractivity contribution is 7.15. The molecule has 6 heteroatoms. The number of carbonyl (C=O) groups is 1. The Hall–Kier alpha value is -3.12. The Balaban J connectivity index is 1.44. The van der Waals surface area contributed by atoms with Crippen LogP contribution in [0.25, 0.3) is 16.2 Å². The number of imidazole rings is 1. The maximum absolute atomic E-state index is 12.4. The van der Waals surface area contributed by atoms with Gasteiger partial charge in [0.05, 0.1) is 5.69 Å². The van der Waals surface area contributed by atoms with Gasteiger partial charge < -0.3 is 10.1 Å². The van der Waals surface area contributed by atoms with Gasteiger partial charge in [-0.15, -0.1) is 11.3 Å². The number of hydrogen-bond donors (Lipinski definition) is 1. The van der Waals surface area contributed by atoms with Gasteiger partial charge in [0.25, 0.3) is 5.91 Å². The highest BCUT2D eigenvalue weighted by Crippen LogP contribution is 2.28. The van der Waals surface area contributed by atoms with Crippen LogP contribution in [0.3, 0.4) is 0 Å². The zero-order chi connectivity index (χ0) is 20.4. The van der Waals surface area contributed by atoms with E-state index in [1.54, 1.807) is 11.3 Å². The summed E-state index contributed by atoms with van der Waals surface area (Å²) in [4.78, 5) is 18.0. The fraction of sp³-hybridized carbons (Fsp3) is 0.217. The van der Waals surface area contributed by atoms with E-state index in [1.165, 1.54) is 0 Å². The molecule has 0 radical (unpaired) electrons. The number of amides is 1. The predicted molar refractivity (Wildman–Crippen MR) is 118 cm³/mol. The Morgan fingerprint density at radius 1 is 1.24 bits per heavy atom. The average molecular weight is 406 g/mol. The second-order valence-electron chi connectivity index (χ2n) is 7.33. The second-order valence-corrected chi connectivity index (χ2v) is 8.21. The molecule has 4 aromatic rings. The highest BCUT2D eigenvalue weighted by Gasteiger charge is 2.11. The molecular formula is C23H23N3O2S. The summed E-state index contributed by atoms with van der Waals surface area (Å²) in [6.45, 7) is 6.21. The number of carbonyl (C=O) groups excluding carboxylic acids is 1. The van der Waals surface area contributed by atoms with Gasteiger partial charge in [0.2, 0.25) is 0 Å². The number of hydrogen-bond acceptors (Lipinski definition) is 4. The topological polar surface area (TPSA) is 55.6 Å². The van der Waals surface area contributed by atoms with Crippen molar-refractivity contribution in [3.05, 3.63) is 71.4 Å². The number of aromatic nitrogens is 2. The number of thiazole rings is 1. The van der Waals surface area contributed by atoms with Crippen molar-refractivity contribution in [1.82, 2.24) is 9.38 Å². The van der Waals surface area contributed by atoms with E-state index in [1.807, 2.05) is 59.4 Å². The lowest BCUT2D eigenvalue weighted by molar-refractivity contribution is -0.118. The minimum atomic E-state index is -0.191. The van der Waals surface area contributed by atoms with E-state index >= 15 is 0 Å². The third-order valence-corrected chi connectivity index (χ3v) is 5.46. The summed E-state index contributed by atoms with van der Waals surface area (Å²) in [5.74, 6) is 0.904. The molecule has 0 spiro atoms. The molecule has 0 bridgehead atoms. The quantitative estimate of drug-likeness (QED) is 0.460. The Kier molecular flexibility index (Phi) is 5.36. The van der Waals surface area contributed by atoms with Crippen molar-refractivity contribution in [3.63, 3.8) is 0 Å². The molecule has 2 aromatic carbocycles. The van der Waals surface area contributed by atoms with Gasteiger partial charge in [-0.3, -0.25) is 9.20 Å². The van der Waals surface area contributed by atoms with Crippen LogP contribution in [0, 0.1) is 6.92 Å². The van der Waals surface area contributed by atoms with Crippen molar-refractivity contribution >= 4 is 27.9 Å². The molecule has 0 aliphatic rings. The maximum atomic E-state index is 12.4. The zero-order valence-electron chi connectivity index (χ0n) is 16.7. The molecule has 5 nitrogen and oxygen atoms in total. The molecule has 0 atom stereocenters. The number of anilines is 1. The number of aryl methyl sites for hydroxylation is 1. The second kappa shape index (κ2) is 8.09. The van der Waals surface area contributed by atoms with Gasteiger partial charge in [-0.25, -0.2) is 4.98 Å². The monoisotopic (exact) mass is 405 g/mol. The summed E-state index contributed by atoms with van der Waals surface area (Å²) in [6.07, 6.45) is 3.97. The Bertz CT molecular complexity index is 1130. The van der Waals surface area contributed by atoms with Gasteiger partial charge in [0.1, 0.15) is 5.75 Å². The summed E-state index contributed by atoms with van der Waals surface area (Å²) < 4.78 is 7.82. The number of nitrogens with one attached hydrogen (secondary N) is 1. The number of benzene rings is 2. The normalized spacial score (nSPS) is 11.2. The van der Waals surface area contributed by atoms with E-state index in [0.717, 1.165) is 38.8 Å². The molecule has 1 N–H and O–H groups in total. The van der Waals surface area contributed by atoms with Gasteiger partial charge in [-0.2, -0.15) is 0 Å². The summed E-state index contributed by atoms with van der Waals surface area (Å²) in [7, 11) is 0. The molecule has 0 unspecified atom stereocenters. The fourth-order valence-electron chi connectivity index (χ4n) is 3.21. The van der Waals surface area contributed by atoms with E-state index in [0.29, 0.717) is 5.92 Å². The van der Waals surface area contributed by atoms with Gasteiger partial charge in [-0.1, -0.05) is 38.1 Å². The Labute approximate surface area is 174 Å². The first-order chi connectivity index (χ1) is 14.0. The van der Waals surface area contributed by atoms with Crippen LogP contribution in [0.2, 0.25) is 0 Å². The zero-order valence-corrected chi connectivity index (χ0v) is 17.5. The first-order valence-electron chi connectivity index (χ1n) is 9.55. The Morgan fingerprint density at radius 3 is 2.90 bits per heavy atom. The molecule has 2 heterocycles. The SMILES string of the molecule is Cc1ccc(C(C)C)c(OCC(=O)Nc2cccc(-c3cn4ccsc4n3)c2)c1. The van der Waals surface area contributed by atoms with E-state index in [9.17, 15) is 4.79 Å². The third-order valence-electron chi connectivity index (χ3n) is 4.69. The van der Waals surface area contributed by atoms with Crippen LogP contribution in [0.4, 0.5) is 5.69 Å². The lowest BCUT2D eigenvalue weighted by Crippen LogP contribution is -2.20. The van der Waals surface area contributed by atoms with Crippen LogP contribution in [0.5, 0.6) is 5.75 Å².